The second-order valence-corrected chi connectivity index (χ2v) is 6.54. The Morgan fingerprint density at radius 1 is 1.19 bits per heavy atom. The number of anilines is 1. The van der Waals surface area contributed by atoms with Crippen LogP contribution in [0.15, 0.2) is 24.3 Å². The average Bonchev–Trinajstić information content (AvgIpc) is 2.96. The highest BCUT2D eigenvalue weighted by Crippen LogP contribution is 2.27. The van der Waals surface area contributed by atoms with Crippen molar-refractivity contribution in [1.82, 2.24) is 4.90 Å². The zero-order valence-electron chi connectivity index (χ0n) is 12.3. The normalized spacial score (nSPS) is 18.8. The van der Waals surface area contributed by atoms with Crippen LogP contribution in [0.4, 0.5) is 5.69 Å². The van der Waals surface area contributed by atoms with Crippen molar-refractivity contribution >= 4 is 23.4 Å². The van der Waals surface area contributed by atoms with Crippen molar-refractivity contribution < 1.29 is 9.53 Å². The van der Waals surface area contributed by atoms with Crippen molar-refractivity contribution in [2.45, 2.75) is 6.42 Å². The molecule has 1 aromatic rings. The zero-order valence-corrected chi connectivity index (χ0v) is 13.1. The number of carbonyl (C=O) groups excluding carboxylic acids is 1. The third-order valence-electron chi connectivity index (χ3n) is 4.07. The van der Waals surface area contributed by atoms with Crippen molar-refractivity contribution in [3.8, 4) is 0 Å². The van der Waals surface area contributed by atoms with E-state index in [0.717, 1.165) is 57.3 Å². The van der Waals surface area contributed by atoms with Gasteiger partial charge >= 0.3 is 0 Å². The molecular weight excluding hydrogens is 284 g/mol. The molecule has 1 amide bonds. The Morgan fingerprint density at radius 2 is 2.00 bits per heavy atom. The van der Waals surface area contributed by atoms with Crippen LogP contribution in [0.25, 0.3) is 0 Å². The van der Waals surface area contributed by atoms with E-state index in [1.54, 1.807) is 11.8 Å². The van der Waals surface area contributed by atoms with Crippen LogP contribution >= 0.6 is 11.8 Å². The highest BCUT2D eigenvalue weighted by atomic mass is 32.2. The number of carbonyl (C=O) groups is 1. The smallest absolute Gasteiger partial charge is 0.236 e. The minimum Gasteiger partial charge on any atom is -0.379 e. The predicted molar refractivity (Wildman–Crippen MR) is 87.1 cm³/mol. The van der Waals surface area contributed by atoms with Crippen molar-refractivity contribution in [3.63, 3.8) is 0 Å². The molecule has 114 valence electrons. The number of ether oxygens (including phenoxy) is 1. The number of benzene rings is 1. The summed E-state index contributed by atoms with van der Waals surface area (Å²) in [5.74, 6) is 1.84. The van der Waals surface area contributed by atoms with E-state index in [9.17, 15) is 4.79 Å². The second kappa shape index (κ2) is 7.29. The third kappa shape index (κ3) is 3.78. The monoisotopic (exact) mass is 306 g/mol. The van der Waals surface area contributed by atoms with Crippen LogP contribution in [0, 0.1) is 0 Å². The van der Waals surface area contributed by atoms with Gasteiger partial charge in [-0.15, -0.1) is 0 Å². The molecule has 0 aliphatic carbocycles. The lowest BCUT2D eigenvalue weighted by Gasteiger charge is -2.26. The van der Waals surface area contributed by atoms with Crippen molar-refractivity contribution in [2.24, 2.45) is 0 Å². The lowest BCUT2D eigenvalue weighted by Crippen LogP contribution is -2.37. The molecule has 3 rings (SSSR count). The van der Waals surface area contributed by atoms with Gasteiger partial charge in [0.05, 0.1) is 19.0 Å². The van der Waals surface area contributed by atoms with E-state index in [2.05, 4.69) is 17.0 Å². The standard InChI is InChI=1S/C16H22N2O2S/c19-16(13-21-12-9-17-7-10-20-11-8-17)18-6-5-14-3-1-2-4-15(14)18/h1-4H,5-13H2. The molecule has 0 atom stereocenters. The van der Waals surface area contributed by atoms with Gasteiger partial charge in [-0.2, -0.15) is 11.8 Å². The number of morpholine rings is 1. The number of fused-ring (bicyclic) bond motifs is 1. The number of amides is 1. The zero-order chi connectivity index (χ0) is 14.5. The minimum absolute atomic E-state index is 0.243. The van der Waals surface area contributed by atoms with Crippen LogP contribution in [-0.2, 0) is 16.0 Å². The van der Waals surface area contributed by atoms with E-state index in [-0.39, 0.29) is 5.91 Å². The van der Waals surface area contributed by atoms with Crippen molar-refractivity contribution in [1.29, 1.82) is 0 Å². The summed E-state index contributed by atoms with van der Waals surface area (Å²) in [6.07, 6.45) is 0.986. The molecule has 0 aromatic heterocycles. The highest BCUT2D eigenvalue weighted by molar-refractivity contribution is 7.99. The Labute approximate surface area is 130 Å². The molecule has 1 aromatic carbocycles. The molecule has 4 nitrogen and oxygen atoms in total. The van der Waals surface area contributed by atoms with Gasteiger partial charge in [-0.3, -0.25) is 9.69 Å². The van der Waals surface area contributed by atoms with Crippen molar-refractivity contribution in [2.75, 3.05) is 55.8 Å². The van der Waals surface area contributed by atoms with E-state index < -0.39 is 0 Å². The summed E-state index contributed by atoms with van der Waals surface area (Å²) in [5.41, 5.74) is 2.40. The molecule has 0 radical (unpaired) electrons. The van der Waals surface area contributed by atoms with Gasteiger partial charge in [-0.25, -0.2) is 0 Å². The summed E-state index contributed by atoms with van der Waals surface area (Å²) in [7, 11) is 0. The Hall–Kier alpha value is -1.04. The second-order valence-electron chi connectivity index (χ2n) is 5.43. The molecule has 1 fully saturated rings. The first kappa shape index (κ1) is 14.9. The molecule has 5 heteroatoms. The summed E-state index contributed by atoms with van der Waals surface area (Å²) in [4.78, 5) is 16.7. The number of para-hydroxylation sites is 1. The largest absolute Gasteiger partial charge is 0.379 e. The molecule has 21 heavy (non-hydrogen) atoms. The van der Waals surface area contributed by atoms with Crippen molar-refractivity contribution in [3.05, 3.63) is 29.8 Å². The van der Waals surface area contributed by atoms with Gasteiger partial charge in [-0.05, 0) is 18.1 Å². The van der Waals surface area contributed by atoms with Gasteiger partial charge in [0, 0.05) is 37.6 Å². The highest BCUT2D eigenvalue weighted by Gasteiger charge is 2.23. The van der Waals surface area contributed by atoms with Gasteiger partial charge in [-0.1, -0.05) is 18.2 Å². The lowest BCUT2D eigenvalue weighted by atomic mass is 10.2. The first-order valence-corrected chi connectivity index (χ1v) is 8.76. The third-order valence-corrected chi connectivity index (χ3v) is 4.99. The van der Waals surface area contributed by atoms with Crippen LogP contribution in [0.5, 0.6) is 0 Å². The molecular formula is C16H22N2O2S. The number of hydrogen-bond acceptors (Lipinski definition) is 4. The molecule has 0 saturated carbocycles. The van der Waals surface area contributed by atoms with Gasteiger partial charge in [0.2, 0.25) is 5.91 Å². The lowest BCUT2D eigenvalue weighted by molar-refractivity contribution is -0.116. The number of hydrogen-bond donors (Lipinski definition) is 0. The summed E-state index contributed by atoms with van der Waals surface area (Å²) in [6, 6.07) is 8.23. The molecule has 2 aliphatic heterocycles. The maximum Gasteiger partial charge on any atom is 0.236 e. The predicted octanol–water partition coefficient (Wildman–Crippen LogP) is 1.64. The number of rotatable bonds is 5. The van der Waals surface area contributed by atoms with Crippen LogP contribution in [0.3, 0.4) is 0 Å². The molecule has 0 unspecified atom stereocenters. The summed E-state index contributed by atoms with van der Waals surface area (Å²) in [5, 5.41) is 0. The fraction of sp³-hybridized carbons (Fsp3) is 0.562. The average molecular weight is 306 g/mol. The topological polar surface area (TPSA) is 32.8 Å². The van der Waals surface area contributed by atoms with Crippen LogP contribution in [0.1, 0.15) is 5.56 Å². The Morgan fingerprint density at radius 3 is 2.86 bits per heavy atom. The van der Waals surface area contributed by atoms with E-state index in [1.165, 1.54) is 5.56 Å². The molecule has 1 saturated heterocycles. The van der Waals surface area contributed by atoms with E-state index in [0.29, 0.717) is 5.75 Å². The van der Waals surface area contributed by atoms with Gasteiger partial charge in [0.15, 0.2) is 0 Å². The number of nitrogens with zero attached hydrogens (tertiary/aromatic N) is 2. The maximum atomic E-state index is 12.3. The van der Waals surface area contributed by atoms with Crippen LogP contribution in [-0.4, -0.2) is 61.7 Å². The first-order chi connectivity index (χ1) is 10.3. The number of thioether (sulfide) groups is 1. The van der Waals surface area contributed by atoms with Gasteiger partial charge < -0.3 is 9.64 Å². The van der Waals surface area contributed by atoms with Gasteiger partial charge in [0.25, 0.3) is 0 Å². The SMILES string of the molecule is O=C(CSCCN1CCOCC1)N1CCc2ccccc21. The summed E-state index contributed by atoms with van der Waals surface area (Å²) >= 11 is 1.74. The minimum atomic E-state index is 0.243. The Balaban J connectivity index is 1.41. The van der Waals surface area contributed by atoms with Gasteiger partial charge in [0.1, 0.15) is 0 Å². The quantitative estimate of drug-likeness (QED) is 0.774. The summed E-state index contributed by atoms with van der Waals surface area (Å²) in [6.45, 7) is 5.62. The fourth-order valence-electron chi connectivity index (χ4n) is 2.85. The first-order valence-electron chi connectivity index (χ1n) is 7.61. The molecule has 2 heterocycles. The van der Waals surface area contributed by atoms with Crippen LogP contribution in [0.2, 0.25) is 0 Å². The van der Waals surface area contributed by atoms with Crippen LogP contribution < -0.4 is 4.90 Å². The Bertz CT molecular complexity index is 489. The molecule has 0 spiro atoms. The molecule has 2 aliphatic rings. The van der Waals surface area contributed by atoms with E-state index in [1.807, 2.05) is 17.0 Å². The van der Waals surface area contributed by atoms with E-state index >= 15 is 0 Å². The molecule has 0 bridgehead atoms. The molecule has 0 N–H and O–H groups in total. The fourth-order valence-corrected chi connectivity index (χ4v) is 3.72. The maximum absolute atomic E-state index is 12.3. The summed E-state index contributed by atoms with van der Waals surface area (Å²) < 4.78 is 5.34. The Kier molecular flexibility index (Phi) is 5.17. The van der Waals surface area contributed by atoms with E-state index in [4.69, 9.17) is 4.74 Å².